The van der Waals surface area contributed by atoms with Crippen LogP contribution in [0.1, 0.15) is 57.6 Å². The third-order valence-electron chi connectivity index (χ3n) is 5.68. The predicted molar refractivity (Wildman–Crippen MR) is 115 cm³/mol. The molecule has 7 nitrogen and oxygen atoms in total. The van der Waals surface area contributed by atoms with Gasteiger partial charge in [-0.25, -0.2) is 9.48 Å². The monoisotopic (exact) mass is 413 g/mol. The number of aryl methyl sites for hydroxylation is 2. The molecule has 1 aromatic heterocycles. The molecule has 2 aromatic rings. The number of rotatable bonds is 5. The standard InChI is InChI=1S/C23H31N3O4/c1-14(2)26(22(27)18-8-6-15(3)7-9-18)21-20(30-23(28)29)13-25(24-21)19-11-16(4)10-17(5)12-19/h10-15,18H,6-9H2,1-5H3,(H,28,29). The van der Waals surface area contributed by atoms with E-state index in [0.29, 0.717) is 5.92 Å². The highest BCUT2D eigenvalue weighted by atomic mass is 16.7. The minimum absolute atomic E-state index is 0.0159. The van der Waals surface area contributed by atoms with Crippen LogP contribution in [0.15, 0.2) is 24.4 Å². The number of hydrogen-bond donors (Lipinski definition) is 1. The van der Waals surface area contributed by atoms with Gasteiger partial charge in [0.1, 0.15) is 0 Å². The van der Waals surface area contributed by atoms with Gasteiger partial charge in [-0.2, -0.15) is 0 Å². The molecule has 0 atom stereocenters. The first-order valence-corrected chi connectivity index (χ1v) is 10.6. The summed E-state index contributed by atoms with van der Waals surface area (Å²) in [7, 11) is 0. The first-order chi connectivity index (χ1) is 14.2. The van der Waals surface area contributed by atoms with Gasteiger partial charge >= 0.3 is 6.16 Å². The van der Waals surface area contributed by atoms with E-state index in [9.17, 15) is 14.7 Å². The van der Waals surface area contributed by atoms with Gasteiger partial charge in [-0.3, -0.25) is 9.69 Å². The molecule has 7 heteroatoms. The van der Waals surface area contributed by atoms with E-state index in [1.807, 2.05) is 39.8 Å². The Bertz CT molecular complexity index is 906. The molecule has 0 aliphatic heterocycles. The van der Waals surface area contributed by atoms with Crippen molar-refractivity contribution in [3.8, 4) is 11.4 Å². The molecule has 1 heterocycles. The Balaban J connectivity index is 2.02. The zero-order chi connectivity index (χ0) is 22.0. The van der Waals surface area contributed by atoms with E-state index in [-0.39, 0.29) is 29.4 Å². The van der Waals surface area contributed by atoms with Crippen LogP contribution in [-0.2, 0) is 4.79 Å². The number of carbonyl (C=O) groups excluding carboxylic acids is 1. The van der Waals surface area contributed by atoms with Crippen molar-refractivity contribution in [2.45, 2.75) is 66.3 Å². The number of anilines is 1. The van der Waals surface area contributed by atoms with E-state index in [4.69, 9.17) is 4.74 Å². The lowest BCUT2D eigenvalue weighted by atomic mass is 9.82. The third kappa shape index (κ3) is 4.83. The second kappa shape index (κ2) is 8.90. The van der Waals surface area contributed by atoms with Crippen molar-refractivity contribution in [3.63, 3.8) is 0 Å². The molecule has 1 aromatic carbocycles. The van der Waals surface area contributed by atoms with Crippen LogP contribution in [0.3, 0.4) is 0 Å². The zero-order valence-corrected chi connectivity index (χ0v) is 18.4. The van der Waals surface area contributed by atoms with Gasteiger partial charge in [-0.1, -0.05) is 13.0 Å². The third-order valence-corrected chi connectivity index (χ3v) is 5.68. The summed E-state index contributed by atoms with van der Waals surface area (Å²) in [5, 5.41) is 13.8. The minimum Gasteiger partial charge on any atom is -0.449 e. The van der Waals surface area contributed by atoms with E-state index in [0.717, 1.165) is 42.5 Å². The Morgan fingerprint density at radius 2 is 1.73 bits per heavy atom. The zero-order valence-electron chi connectivity index (χ0n) is 18.4. The van der Waals surface area contributed by atoms with Crippen LogP contribution in [-0.4, -0.2) is 33.0 Å². The fourth-order valence-electron chi connectivity index (χ4n) is 4.20. The van der Waals surface area contributed by atoms with Crippen LogP contribution < -0.4 is 9.64 Å². The fraction of sp³-hybridized carbons (Fsp3) is 0.522. The molecule has 0 spiro atoms. The first-order valence-electron chi connectivity index (χ1n) is 10.6. The lowest BCUT2D eigenvalue weighted by Gasteiger charge is -2.32. The smallest absolute Gasteiger partial charge is 0.449 e. The van der Waals surface area contributed by atoms with Crippen molar-refractivity contribution in [2.24, 2.45) is 11.8 Å². The maximum Gasteiger partial charge on any atom is 0.511 e. The molecular weight excluding hydrogens is 382 g/mol. The summed E-state index contributed by atoms with van der Waals surface area (Å²) < 4.78 is 6.62. The molecule has 1 aliphatic rings. The van der Waals surface area contributed by atoms with Crippen molar-refractivity contribution in [2.75, 3.05) is 4.90 Å². The van der Waals surface area contributed by atoms with Gasteiger partial charge in [0.15, 0.2) is 5.75 Å². The Hall–Kier alpha value is -2.83. The highest BCUT2D eigenvalue weighted by Crippen LogP contribution is 2.35. The first kappa shape index (κ1) is 21.9. The van der Waals surface area contributed by atoms with Crippen LogP contribution in [0, 0.1) is 25.7 Å². The summed E-state index contributed by atoms with van der Waals surface area (Å²) in [5.74, 6) is 0.852. The summed E-state index contributed by atoms with van der Waals surface area (Å²) in [5.41, 5.74) is 2.92. The van der Waals surface area contributed by atoms with E-state index < -0.39 is 6.16 Å². The Morgan fingerprint density at radius 1 is 1.13 bits per heavy atom. The van der Waals surface area contributed by atoms with Crippen LogP contribution in [0.5, 0.6) is 5.75 Å². The number of carbonyl (C=O) groups is 2. The number of ether oxygens (including phenoxy) is 1. The van der Waals surface area contributed by atoms with Gasteiger partial charge in [-0.15, -0.1) is 5.10 Å². The second-order valence-corrected chi connectivity index (χ2v) is 8.73. The molecule has 1 saturated carbocycles. The predicted octanol–water partition coefficient (Wildman–Crippen LogP) is 5.11. The molecule has 0 unspecified atom stereocenters. The quantitative estimate of drug-likeness (QED) is 0.688. The van der Waals surface area contributed by atoms with Crippen LogP contribution >= 0.6 is 0 Å². The average molecular weight is 414 g/mol. The number of nitrogens with zero attached hydrogens (tertiary/aromatic N) is 3. The SMILES string of the molecule is Cc1cc(C)cc(-n2cc(OC(=O)O)c(N(C(=O)C3CCC(C)CC3)C(C)C)n2)c1. The molecule has 0 radical (unpaired) electrons. The van der Waals surface area contributed by atoms with E-state index >= 15 is 0 Å². The summed E-state index contributed by atoms with van der Waals surface area (Å²) in [4.78, 5) is 26.3. The second-order valence-electron chi connectivity index (χ2n) is 8.73. The molecule has 1 fully saturated rings. The summed E-state index contributed by atoms with van der Waals surface area (Å²) in [6, 6.07) is 5.78. The number of carboxylic acid groups (broad SMARTS) is 1. The molecule has 0 saturated heterocycles. The molecule has 1 N–H and O–H groups in total. The number of amides is 1. The molecule has 1 amide bonds. The van der Waals surface area contributed by atoms with Gasteiger partial charge < -0.3 is 9.84 Å². The molecule has 3 rings (SSSR count). The minimum atomic E-state index is -1.43. The maximum absolute atomic E-state index is 13.4. The van der Waals surface area contributed by atoms with E-state index in [2.05, 4.69) is 18.1 Å². The summed E-state index contributed by atoms with van der Waals surface area (Å²) in [6.45, 7) is 10.0. The molecular formula is C23H31N3O4. The van der Waals surface area contributed by atoms with E-state index in [1.54, 1.807) is 9.58 Å². The maximum atomic E-state index is 13.4. The van der Waals surface area contributed by atoms with Gasteiger partial charge in [0.25, 0.3) is 0 Å². The summed E-state index contributed by atoms with van der Waals surface area (Å²) in [6.07, 6.45) is 3.84. The molecule has 0 bridgehead atoms. The lowest BCUT2D eigenvalue weighted by molar-refractivity contribution is -0.124. The van der Waals surface area contributed by atoms with E-state index in [1.165, 1.54) is 6.20 Å². The highest BCUT2D eigenvalue weighted by Gasteiger charge is 2.34. The summed E-state index contributed by atoms with van der Waals surface area (Å²) >= 11 is 0. The topological polar surface area (TPSA) is 84.7 Å². The average Bonchev–Trinajstić information content (AvgIpc) is 3.04. The highest BCUT2D eigenvalue weighted by molar-refractivity contribution is 5.96. The number of aromatic nitrogens is 2. The van der Waals surface area contributed by atoms with Crippen molar-refractivity contribution in [3.05, 3.63) is 35.5 Å². The van der Waals surface area contributed by atoms with Crippen LogP contribution in [0.2, 0.25) is 0 Å². The van der Waals surface area contributed by atoms with Gasteiger partial charge in [-0.05, 0) is 82.6 Å². The lowest BCUT2D eigenvalue weighted by Crippen LogP contribution is -2.42. The van der Waals surface area contributed by atoms with Crippen molar-refractivity contribution >= 4 is 17.9 Å². The van der Waals surface area contributed by atoms with Crippen molar-refractivity contribution in [1.82, 2.24) is 9.78 Å². The molecule has 1 aliphatic carbocycles. The molecule has 162 valence electrons. The van der Waals surface area contributed by atoms with Gasteiger partial charge in [0, 0.05) is 12.0 Å². The van der Waals surface area contributed by atoms with Crippen LogP contribution in [0.4, 0.5) is 10.6 Å². The van der Waals surface area contributed by atoms with Gasteiger partial charge in [0.05, 0.1) is 11.9 Å². The van der Waals surface area contributed by atoms with Crippen molar-refractivity contribution < 1.29 is 19.4 Å². The number of benzene rings is 1. The molecule has 30 heavy (non-hydrogen) atoms. The number of hydrogen-bond acceptors (Lipinski definition) is 4. The van der Waals surface area contributed by atoms with Crippen molar-refractivity contribution in [1.29, 1.82) is 0 Å². The van der Waals surface area contributed by atoms with Crippen LogP contribution in [0.25, 0.3) is 5.69 Å². The Morgan fingerprint density at radius 3 is 2.27 bits per heavy atom. The largest absolute Gasteiger partial charge is 0.511 e. The normalized spacial score (nSPS) is 19.0. The Kier molecular flexibility index (Phi) is 6.48. The Labute approximate surface area is 177 Å². The fourth-order valence-corrected chi connectivity index (χ4v) is 4.20. The van der Waals surface area contributed by atoms with Gasteiger partial charge in [0.2, 0.25) is 11.7 Å².